The number of carbonyl (C=O) groups excluding carboxylic acids is 1. The van der Waals surface area contributed by atoms with Crippen molar-refractivity contribution < 1.29 is 19.4 Å². The highest BCUT2D eigenvalue weighted by atomic mass is 16.5. The van der Waals surface area contributed by atoms with Crippen molar-refractivity contribution >= 4 is 11.9 Å². The molecule has 0 atom stereocenters. The number of rotatable bonds is 2. The van der Waals surface area contributed by atoms with E-state index in [4.69, 9.17) is 10.8 Å². The van der Waals surface area contributed by atoms with Crippen LogP contribution in [0.1, 0.15) is 17.3 Å². The molecule has 0 aromatic heterocycles. The summed E-state index contributed by atoms with van der Waals surface area (Å²) in [5.74, 6) is -1.29. The molecule has 0 fully saturated rings. The van der Waals surface area contributed by atoms with E-state index in [0.29, 0.717) is 11.3 Å². The van der Waals surface area contributed by atoms with Crippen LogP contribution < -0.4 is 5.73 Å². The van der Waals surface area contributed by atoms with Crippen molar-refractivity contribution in [3.8, 4) is 0 Å². The van der Waals surface area contributed by atoms with Gasteiger partial charge in [-0.3, -0.25) is 0 Å². The number of aliphatic carboxylic acids is 1. The molecule has 0 radical (unpaired) electrons. The Balaban J connectivity index is 0.000000325. The second kappa shape index (κ2) is 7.92. The van der Waals surface area contributed by atoms with Gasteiger partial charge in [-0.15, -0.1) is 0 Å². The largest absolute Gasteiger partial charge is 0.478 e. The summed E-state index contributed by atoms with van der Waals surface area (Å²) < 4.78 is 4.50. The topological polar surface area (TPSA) is 89.6 Å². The third kappa shape index (κ3) is 7.61. The molecule has 0 amide bonds. The van der Waals surface area contributed by atoms with Gasteiger partial charge < -0.3 is 15.6 Å². The van der Waals surface area contributed by atoms with E-state index in [1.807, 2.05) is 6.07 Å². The number of nitrogens with two attached hydrogens (primary N) is 1. The molecular formula is C12H15NO4. The van der Waals surface area contributed by atoms with E-state index < -0.39 is 5.97 Å². The molecule has 0 aliphatic heterocycles. The molecule has 0 spiro atoms. The lowest BCUT2D eigenvalue weighted by Crippen LogP contribution is -1.99. The summed E-state index contributed by atoms with van der Waals surface area (Å²) >= 11 is 0. The van der Waals surface area contributed by atoms with Gasteiger partial charge >= 0.3 is 11.9 Å². The van der Waals surface area contributed by atoms with Gasteiger partial charge in [0.1, 0.15) is 0 Å². The number of hydrogen-bond donors (Lipinski definition) is 2. The molecule has 1 aromatic rings. The standard InChI is InChI=1S/C8H8O2.C4H7NO2/c1-10-8(9)7-5-3-2-4-6-7;1-3(5)2-4(6)7/h2-6H,1H3;2H,5H2,1H3,(H,6,7)/b;3-2-. The molecule has 5 nitrogen and oxygen atoms in total. The van der Waals surface area contributed by atoms with Crippen molar-refractivity contribution in [1.82, 2.24) is 0 Å². The van der Waals surface area contributed by atoms with Gasteiger partial charge in [-0.05, 0) is 19.1 Å². The maximum absolute atomic E-state index is 10.8. The minimum absolute atomic E-state index is 0.291. The lowest BCUT2D eigenvalue weighted by Gasteiger charge is -1.95. The number of allylic oxidation sites excluding steroid dienone is 1. The number of carboxylic acids is 1. The number of ether oxygens (including phenoxy) is 1. The highest BCUT2D eigenvalue weighted by Gasteiger charge is 2.00. The molecule has 5 heteroatoms. The molecule has 0 heterocycles. The number of methoxy groups -OCH3 is 1. The zero-order valence-electron chi connectivity index (χ0n) is 9.71. The van der Waals surface area contributed by atoms with Gasteiger partial charge in [0.05, 0.1) is 12.7 Å². The summed E-state index contributed by atoms with van der Waals surface area (Å²) in [7, 11) is 1.37. The predicted octanol–water partition coefficient (Wildman–Crippen LogP) is 1.41. The second-order valence-electron chi connectivity index (χ2n) is 3.08. The van der Waals surface area contributed by atoms with E-state index >= 15 is 0 Å². The van der Waals surface area contributed by atoms with Crippen LogP contribution in [0.4, 0.5) is 0 Å². The van der Waals surface area contributed by atoms with Crippen molar-refractivity contribution in [3.05, 3.63) is 47.7 Å². The number of benzene rings is 1. The van der Waals surface area contributed by atoms with Crippen LogP contribution >= 0.6 is 0 Å². The van der Waals surface area contributed by atoms with Crippen LogP contribution in [-0.4, -0.2) is 24.2 Å². The summed E-state index contributed by atoms with van der Waals surface area (Å²) in [4.78, 5) is 20.4. The Morgan fingerprint density at radius 2 is 1.82 bits per heavy atom. The van der Waals surface area contributed by atoms with Crippen LogP contribution in [0.15, 0.2) is 42.1 Å². The number of hydrogen-bond acceptors (Lipinski definition) is 4. The summed E-state index contributed by atoms with van der Waals surface area (Å²) in [5.41, 5.74) is 5.87. The fourth-order valence-corrected chi connectivity index (χ4v) is 0.887. The normalized spacial score (nSPS) is 9.88. The van der Waals surface area contributed by atoms with Crippen LogP contribution in [0.5, 0.6) is 0 Å². The Morgan fingerprint density at radius 1 is 1.29 bits per heavy atom. The monoisotopic (exact) mass is 237 g/mol. The minimum atomic E-state index is -1.000. The Kier molecular flexibility index (Phi) is 6.85. The first-order valence-electron chi connectivity index (χ1n) is 4.77. The molecule has 0 saturated heterocycles. The Hall–Kier alpha value is -2.30. The number of carboxylic acid groups (broad SMARTS) is 1. The van der Waals surface area contributed by atoms with Gasteiger partial charge in [0.15, 0.2) is 0 Å². The molecule has 1 aromatic carbocycles. The zero-order chi connectivity index (χ0) is 13.3. The first-order chi connectivity index (χ1) is 7.97. The van der Waals surface area contributed by atoms with Crippen molar-refractivity contribution in [1.29, 1.82) is 0 Å². The lowest BCUT2D eigenvalue weighted by molar-refractivity contribution is -0.131. The van der Waals surface area contributed by atoms with Crippen LogP contribution in [0, 0.1) is 0 Å². The molecular weight excluding hydrogens is 222 g/mol. The van der Waals surface area contributed by atoms with Gasteiger partial charge in [0, 0.05) is 11.8 Å². The van der Waals surface area contributed by atoms with E-state index in [1.165, 1.54) is 14.0 Å². The van der Waals surface area contributed by atoms with Crippen LogP contribution in [0.25, 0.3) is 0 Å². The molecule has 0 bridgehead atoms. The maximum atomic E-state index is 10.8. The summed E-state index contributed by atoms with van der Waals surface area (Å²) in [6.07, 6.45) is 0.944. The van der Waals surface area contributed by atoms with Crippen molar-refractivity contribution in [2.75, 3.05) is 7.11 Å². The Morgan fingerprint density at radius 3 is 2.12 bits per heavy atom. The number of carbonyl (C=O) groups is 2. The Bertz CT molecular complexity index is 394. The van der Waals surface area contributed by atoms with E-state index in [1.54, 1.807) is 24.3 Å². The average Bonchev–Trinajstić information content (AvgIpc) is 2.28. The molecule has 3 N–H and O–H groups in total. The van der Waals surface area contributed by atoms with Crippen molar-refractivity contribution in [2.45, 2.75) is 6.92 Å². The minimum Gasteiger partial charge on any atom is -0.478 e. The smallest absolute Gasteiger partial charge is 0.337 e. The maximum Gasteiger partial charge on any atom is 0.337 e. The fraction of sp³-hybridized carbons (Fsp3) is 0.167. The first-order valence-corrected chi connectivity index (χ1v) is 4.77. The second-order valence-corrected chi connectivity index (χ2v) is 3.08. The van der Waals surface area contributed by atoms with Crippen LogP contribution in [0.2, 0.25) is 0 Å². The molecule has 0 unspecified atom stereocenters. The van der Waals surface area contributed by atoms with E-state index in [-0.39, 0.29) is 5.97 Å². The number of esters is 1. The van der Waals surface area contributed by atoms with Gasteiger partial charge in [-0.25, -0.2) is 9.59 Å². The van der Waals surface area contributed by atoms with Crippen molar-refractivity contribution in [2.24, 2.45) is 5.73 Å². The van der Waals surface area contributed by atoms with Gasteiger partial charge in [-0.2, -0.15) is 0 Å². The zero-order valence-corrected chi connectivity index (χ0v) is 9.71. The molecule has 17 heavy (non-hydrogen) atoms. The third-order valence-electron chi connectivity index (χ3n) is 1.55. The van der Waals surface area contributed by atoms with E-state index in [0.717, 1.165) is 6.08 Å². The van der Waals surface area contributed by atoms with Gasteiger partial charge in [0.25, 0.3) is 0 Å². The SMILES string of the molecule is C/C(N)=C/C(=O)O.COC(=O)c1ccccc1. The first kappa shape index (κ1) is 14.7. The van der Waals surface area contributed by atoms with E-state index in [9.17, 15) is 9.59 Å². The Labute approximate surface area is 99.5 Å². The predicted molar refractivity (Wildman–Crippen MR) is 63.4 cm³/mol. The van der Waals surface area contributed by atoms with Crippen LogP contribution in [-0.2, 0) is 9.53 Å². The highest BCUT2D eigenvalue weighted by molar-refractivity contribution is 5.89. The van der Waals surface area contributed by atoms with Gasteiger partial charge in [-0.1, -0.05) is 18.2 Å². The van der Waals surface area contributed by atoms with Gasteiger partial charge in [0.2, 0.25) is 0 Å². The quantitative estimate of drug-likeness (QED) is 0.599. The fourth-order valence-electron chi connectivity index (χ4n) is 0.887. The van der Waals surface area contributed by atoms with Crippen LogP contribution in [0.3, 0.4) is 0 Å². The lowest BCUT2D eigenvalue weighted by atomic mass is 10.2. The molecule has 1 rings (SSSR count). The molecule has 0 saturated carbocycles. The summed E-state index contributed by atoms with van der Waals surface area (Å²) in [5, 5.41) is 7.93. The van der Waals surface area contributed by atoms with Crippen molar-refractivity contribution in [3.63, 3.8) is 0 Å². The summed E-state index contributed by atoms with van der Waals surface area (Å²) in [6, 6.07) is 8.88. The highest BCUT2D eigenvalue weighted by Crippen LogP contribution is 1.98. The molecule has 92 valence electrons. The third-order valence-corrected chi connectivity index (χ3v) is 1.55. The molecule has 0 aliphatic carbocycles. The average molecular weight is 237 g/mol. The summed E-state index contributed by atoms with van der Waals surface area (Å²) in [6.45, 7) is 1.52. The molecule has 0 aliphatic rings. The van der Waals surface area contributed by atoms with E-state index in [2.05, 4.69) is 4.74 Å².